The zero-order valence-electron chi connectivity index (χ0n) is 13.5. The van der Waals surface area contributed by atoms with E-state index in [0.29, 0.717) is 32.0 Å². The normalized spacial score (nSPS) is 23.1. The Morgan fingerprint density at radius 3 is 2.78 bits per heavy atom. The first-order valence-electron chi connectivity index (χ1n) is 8.39. The van der Waals surface area contributed by atoms with Gasteiger partial charge in [-0.2, -0.15) is 0 Å². The second-order valence-corrected chi connectivity index (χ2v) is 6.43. The van der Waals surface area contributed by atoms with E-state index in [1.165, 1.54) is 12.8 Å². The highest BCUT2D eigenvalue weighted by molar-refractivity contribution is 5.83. The summed E-state index contributed by atoms with van der Waals surface area (Å²) in [5.41, 5.74) is 0.993. The number of nitrogens with one attached hydrogen (secondary N) is 1. The van der Waals surface area contributed by atoms with Crippen LogP contribution in [0.5, 0.6) is 0 Å². The number of hydrogen-bond donors (Lipinski definition) is 1. The van der Waals surface area contributed by atoms with Crippen LogP contribution in [0.25, 0.3) is 0 Å². The first-order valence-corrected chi connectivity index (χ1v) is 8.39. The van der Waals surface area contributed by atoms with E-state index in [1.807, 2.05) is 37.3 Å². The molecular formula is C18H24N2O3. The summed E-state index contributed by atoms with van der Waals surface area (Å²) in [4.78, 5) is 26.6. The SMILES string of the molecule is C[C@@H](OCC1CC1)C(=O)N1CCNC(=O)C[C@H]1c1ccccc1. The predicted octanol–water partition coefficient (Wildman–Crippen LogP) is 1.89. The minimum Gasteiger partial charge on any atom is -0.368 e. The molecule has 1 aromatic carbocycles. The Kier molecular flexibility index (Phi) is 4.96. The number of benzene rings is 1. The lowest BCUT2D eigenvalue weighted by Gasteiger charge is -2.31. The fraction of sp³-hybridized carbons (Fsp3) is 0.556. The molecule has 2 atom stereocenters. The van der Waals surface area contributed by atoms with Crippen LogP contribution in [-0.2, 0) is 14.3 Å². The van der Waals surface area contributed by atoms with Gasteiger partial charge in [0.25, 0.3) is 5.91 Å². The van der Waals surface area contributed by atoms with Gasteiger partial charge in [0.1, 0.15) is 6.10 Å². The maximum absolute atomic E-state index is 12.8. The zero-order valence-corrected chi connectivity index (χ0v) is 13.5. The van der Waals surface area contributed by atoms with E-state index >= 15 is 0 Å². The molecule has 1 saturated carbocycles. The zero-order chi connectivity index (χ0) is 16.2. The van der Waals surface area contributed by atoms with Crippen LogP contribution < -0.4 is 5.32 Å². The van der Waals surface area contributed by atoms with E-state index in [4.69, 9.17) is 4.74 Å². The fourth-order valence-corrected chi connectivity index (χ4v) is 2.94. The Balaban J connectivity index is 1.74. The van der Waals surface area contributed by atoms with Crippen LogP contribution in [0, 0.1) is 5.92 Å². The first-order chi connectivity index (χ1) is 11.1. The van der Waals surface area contributed by atoms with Gasteiger partial charge >= 0.3 is 0 Å². The van der Waals surface area contributed by atoms with Gasteiger partial charge in [-0.25, -0.2) is 0 Å². The van der Waals surface area contributed by atoms with Gasteiger partial charge in [0, 0.05) is 13.1 Å². The number of carbonyl (C=O) groups is 2. The minimum absolute atomic E-state index is 0.0132. The lowest BCUT2D eigenvalue weighted by atomic mass is 10.0. The van der Waals surface area contributed by atoms with E-state index in [-0.39, 0.29) is 17.9 Å². The average Bonchev–Trinajstić information content (AvgIpc) is 3.40. The Hall–Kier alpha value is -1.88. The third-order valence-corrected chi connectivity index (χ3v) is 4.52. The number of rotatable bonds is 5. The van der Waals surface area contributed by atoms with E-state index in [2.05, 4.69) is 5.32 Å². The van der Waals surface area contributed by atoms with Crippen LogP contribution in [0.1, 0.15) is 37.8 Å². The Labute approximate surface area is 137 Å². The molecule has 0 radical (unpaired) electrons. The van der Waals surface area contributed by atoms with Crippen molar-refractivity contribution in [3.63, 3.8) is 0 Å². The van der Waals surface area contributed by atoms with E-state index in [1.54, 1.807) is 4.90 Å². The summed E-state index contributed by atoms with van der Waals surface area (Å²) >= 11 is 0. The highest BCUT2D eigenvalue weighted by Gasteiger charge is 2.33. The number of nitrogens with zero attached hydrogens (tertiary/aromatic N) is 1. The molecule has 5 heteroatoms. The molecule has 1 heterocycles. The van der Waals surface area contributed by atoms with Gasteiger partial charge in [-0.3, -0.25) is 9.59 Å². The summed E-state index contributed by atoms with van der Waals surface area (Å²) in [6.07, 6.45) is 2.24. The molecule has 0 bridgehead atoms. The van der Waals surface area contributed by atoms with E-state index in [0.717, 1.165) is 5.56 Å². The molecule has 124 valence electrons. The van der Waals surface area contributed by atoms with E-state index in [9.17, 15) is 9.59 Å². The maximum atomic E-state index is 12.8. The summed E-state index contributed by atoms with van der Waals surface area (Å²) in [5.74, 6) is 0.583. The van der Waals surface area contributed by atoms with Crippen molar-refractivity contribution in [1.29, 1.82) is 0 Å². The van der Waals surface area contributed by atoms with Crippen molar-refractivity contribution in [3.8, 4) is 0 Å². The van der Waals surface area contributed by atoms with Crippen LogP contribution in [0.4, 0.5) is 0 Å². The molecule has 5 nitrogen and oxygen atoms in total. The van der Waals surface area contributed by atoms with Crippen molar-refractivity contribution in [3.05, 3.63) is 35.9 Å². The van der Waals surface area contributed by atoms with Gasteiger partial charge in [0.15, 0.2) is 0 Å². The standard InChI is InChI=1S/C18H24N2O3/c1-13(23-12-14-7-8-14)18(22)20-10-9-19-17(21)11-16(20)15-5-3-2-4-6-15/h2-6,13-14,16H,7-12H2,1H3,(H,19,21)/t13-,16+/m1/s1. The van der Waals surface area contributed by atoms with Crippen LogP contribution in [-0.4, -0.2) is 42.5 Å². The Morgan fingerprint density at radius 2 is 2.09 bits per heavy atom. The van der Waals surface area contributed by atoms with Gasteiger partial charge in [-0.05, 0) is 31.2 Å². The highest BCUT2D eigenvalue weighted by Crippen LogP contribution is 2.30. The molecule has 1 aromatic rings. The molecule has 0 aromatic heterocycles. The second kappa shape index (κ2) is 7.13. The van der Waals surface area contributed by atoms with Crippen LogP contribution in [0.3, 0.4) is 0 Å². The Morgan fingerprint density at radius 1 is 1.35 bits per heavy atom. The summed E-state index contributed by atoms with van der Waals surface area (Å²) in [7, 11) is 0. The quantitative estimate of drug-likeness (QED) is 0.902. The van der Waals surface area contributed by atoms with Crippen LogP contribution >= 0.6 is 0 Å². The summed E-state index contributed by atoms with van der Waals surface area (Å²) < 4.78 is 5.74. The summed E-state index contributed by atoms with van der Waals surface area (Å²) in [5, 5.41) is 2.85. The number of hydrogen-bond acceptors (Lipinski definition) is 3. The van der Waals surface area contributed by atoms with Gasteiger partial charge in [-0.15, -0.1) is 0 Å². The van der Waals surface area contributed by atoms with Gasteiger partial charge < -0.3 is 15.0 Å². The largest absolute Gasteiger partial charge is 0.368 e. The average molecular weight is 316 g/mol. The first kappa shape index (κ1) is 16.0. The molecule has 1 N–H and O–H groups in total. The number of carbonyl (C=O) groups excluding carboxylic acids is 2. The molecule has 1 aliphatic heterocycles. The van der Waals surface area contributed by atoms with Crippen molar-refractivity contribution in [2.75, 3.05) is 19.7 Å². The molecule has 2 amide bonds. The monoisotopic (exact) mass is 316 g/mol. The smallest absolute Gasteiger partial charge is 0.251 e. The lowest BCUT2D eigenvalue weighted by Crippen LogP contribution is -2.42. The van der Waals surface area contributed by atoms with Gasteiger partial charge in [0.2, 0.25) is 5.91 Å². The lowest BCUT2D eigenvalue weighted by molar-refractivity contribution is -0.145. The topological polar surface area (TPSA) is 58.6 Å². The van der Waals surface area contributed by atoms with Gasteiger partial charge in [0.05, 0.1) is 19.1 Å². The third-order valence-electron chi connectivity index (χ3n) is 4.52. The molecular weight excluding hydrogens is 292 g/mol. The summed E-state index contributed by atoms with van der Waals surface area (Å²) in [6, 6.07) is 9.53. The molecule has 23 heavy (non-hydrogen) atoms. The van der Waals surface area contributed by atoms with Crippen molar-refractivity contribution in [2.24, 2.45) is 5.92 Å². The third kappa shape index (κ3) is 4.10. The molecule has 3 rings (SSSR count). The van der Waals surface area contributed by atoms with Crippen molar-refractivity contribution < 1.29 is 14.3 Å². The second-order valence-electron chi connectivity index (χ2n) is 6.43. The summed E-state index contributed by atoms with van der Waals surface area (Å²) in [6.45, 7) is 3.48. The maximum Gasteiger partial charge on any atom is 0.251 e. The Bertz CT molecular complexity index is 557. The molecule has 0 spiro atoms. The molecule has 0 unspecified atom stereocenters. The molecule has 2 fully saturated rings. The highest BCUT2D eigenvalue weighted by atomic mass is 16.5. The number of ether oxygens (including phenoxy) is 1. The van der Waals surface area contributed by atoms with Crippen molar-refractivity contribution >= 4 is 11.8 Å². The fourth-order valence-electron chi connectivity index (χ4n) is 2.94. The van der Waals surface area contributed by atoms with Gasteiger partial charge in [-0.1, -0.05) is 30.3 Å². The molecule has 2 aliphatic rings. The molecule has 1 aliphatic carbocycles. The number of amides is 2. The molecule has 1 saturated heterocycles. The minimum atomic E-state index is -0.463. The van der Waals surface area contributed by atoms with Crippen molar-refractivity contribution in [2.45, 2.75) is 38.3 Å². The van der Waals surface area contributed by atoms with Crippen molar-refractivity contribution in [1.82, 2.24) is 10.2 Å². The van der Waals surface area contributed by atoms with Crippen LogP contribution in [0.15, 0.2) is 30.3 Å². The predicted molar refractivity (Wildman–Crippen MR) is 86.7 cm³/mol. The van der Waals surface area contributed by atoms with E-state index < -0.39 is 6.10 Å². The van der Waals surface area contributed by atoms with Crippen LogP contribution in [0.2, 0.25) is 0 Å².